The molecule has 0 atom stereocenters. The number of rotatable bonds is 2. The van der Waals surface area contributed by atoms with Gasteiger partial charge in [-0.3, -0.25) is 0 Å². The first kappa shape index (κ1) is 12.3. The predicted octanol–water partition coefficient (Wildman–Crippen LogP) is 3.69. The largest absolute Gasteiger partial charge is 0.335 e. The van der Waals surface area contributed by atoms with Gasteiger partial charge in [-0.05, 0) is 18.6 Å². The van der Waals surface area contributed by atoms with Crippen LogP contribution in [0.1, 0.15) is 5.56 Å². The minimum Gasteiger partial charge on any atom is -0.335 e. The Bertz CT molecular complexity index is 579. The Morgan fingerprint density at radius 1 is 1.00 bits per heavy atom. The maximum Gasteiger partial charge on any atom is 0.251 e. The first-order valence-corrected chi connectivity index (χ1v) is 5.02. The summed E-state index contributed by atoms with van der Waals surface area (Å²) in [5.74, 6) is -5.16. The van der Waals surface area contributed by atoms with Crippen LogP contribution in [0.15, 0.2) is 24.3 Å². The number of para-hydroxylation sites is 1. The van der Waals surface area contributed by atoms with Crippen molar-refractivity contribution in [2.24, 2.45) is 0 Å². The monoisotopic (exact) mass is 256 g/mol. The number of aromatic nitrogens is 1. The molecule has 0 spiro atoms. The van der Waals surface area contributed by atoms with Gasteiger partial charge in [-0.1, -0.05) is 12.1 Å². The van der Waals surface area contributed by atoms with E-state index in [9.17, 15) is 17.6 Å². The molecular formula is C12H8F4N2. The average molecular weight is 256 g/mol. The molecule has 0 fully saturated rings. The number of nitrogens with zero attached hydrogens (tertiary/aromatic N) is 1. The van der Waals surface area contributed by atoms with E-state index in [0.29, 0.717) is 11.6 Å². The molecule has 18 heavy (non-hydrogen) atoms. The summed E-state index contributed by atoms with van der Waals surface area (Å²) in [6.07, 6.45) is 0. The first-order valence-electron chi connectivity index (χ1n) is 5.02. The Morgan fingerprint density at radius 2 is 1.72 bits per heavy atom. The average Bonchev–Trinajstić information content (AvgIpc) is 2.30. The summed E-state index contributed by atoms with van der Waals surface area (Å²) in [7, 11) is 0. The number of hydrogen-bond acceptors (Lipinski definition) is 2. The Hall–Kier alpha value is -2.11. The van der Waals surface area contributed by atoms with Gasteiger partial charge in [0.15, 0.2) is 17.5 Å². The fourth-order valence-electron chi connectivity index (χ4n) is 1.44. The summed E-state index contributed by atoms with van der Waals surface area (Å²) < 4.78 is 52.3. The van der Waals surface area contributed by atoms with Crippen LogP contribution in [-0.4, -0.2) is 4.98 Å². The number of aryl methyl sites for hydroxylation is 1. The maximum absolute atomic E-state index is 13.5. The Balaban J connectivity index is 2.43. The van der Waals surface area contributed by atoms with E-state index >= 15 is 0 Å². The lowest BCUT2D eigenvalue weighted by Crippen LogP contribution is -2.04. The predicted molar refractivity (Wildman–Crippen MR) is 58.5 cm³/mol. The van der Waals surface area contributed by atoms with Crippen LogP contribution in [0.2, 0.25) is 0 Å². The molecule has 0 unspecified atom stereocenters. The zero-order valence-electron chi connectivity index (χ0n) is 9.27. The van der Waals surface area contributed by atoms with Crippen molar-refractivity contribution in [3.8, 4) is 0 Å². The number of benzene rings is 1. The summed E-state index contributed by atoms with van der Waals surface area (Å²) in [6, 6.07) is 4.57. The van der Waals surface area contributed by atoms with Crippen molar-refractivity contribution >= 4 is 11.5 Å². The van der Waals surface area contributed by atoms with Gasteiger partial charge in [0.1, 0.15) is 5.82 Å². The number of hydrogen-bond donors (Lipinski definition) is 1. The summed E-state index contributed by atoms with van der Waals surface area (Å²) >= 11 is 0. The molecule has 1 aromatic carbocycles. The van der Waals surface area contributed by atoms with Crippen LogP contribution >= 0.6 is 0 Å². The molecule has 1 N–H and O–H groups in total. The van der Waals surface area contributed by atoms with E-state index in [4.69, 9.17) is 0 Å². The third kappa shape index (κ3) is 2.27. The first-order chi connectivity index (χ1) is 8.49. The van der Waals surface area contributed by atoms with Crippen LogP contribution in [0.5, 0.6) is 0 Å². The van der Waals surface area contributed by atoms with Gasteiger partial charge in [0.2, 0.25) is 0 Å². The highest BCUT2D eigenvalue weighted by molar-refractivity contribution is 5.61. The van der Waals surface area contributed by atoms with Crippen molar-refractivity contribution in [3.05, 3.63) is 53.2 Å². The van der Waals surface area contributed by atoms with Crippen molar-refractivity contribution in [1.82, 2.24) is 4.98 Å². The second-order valence-electron chi connectivity index (χ2n) is 3.65. The van der Waals surface area contributed by atoms with Crippen LogP contribution in [0.4, 0.5) is 29.1 Å². The normalized spacial score (nSPS) is 10.5. The minimum absolute atomic E-state index is 0.0325. The van der Waals surface area contributed by atoms with Crippen molar-refractivity contribution in [2.45, 2.75) is 6.92 Å². The maximum atomic E-state index is 13.5. The Morgan fingerprint density at radius 3 is 2.39 bits per heavy atom. The van der Waals surface area contributed by atoms with Crippen molar-refractivity contribution in [3.63, 3.8) is 0 Å². The molecule has 94 valence electrons. The minimum atomic E-state index is -1.45. The lowest BCUT2D eigenvalue weighted by atomic mass is 10.2. The van der Waals surface area contributed by atoms with E-state index < -0.39 is 29.2 Å². The van der Waals surface area contributed by atoms with E-state index in [2.05, 4.69) is 10.3 Å². The molecule has 2 aromatic rings. The van der Waals surface area contributed by atoms with Crippen LogP contribution in [-0.2, 0) is 0 Å². The van der Waals surface area contributed by atoms with Crippen LogP contribution in [0.3, 0.4) is 0 Å². The molecule has 0 aliphatic rings. The molecule has 0 bridgehead atoms. The standard InChI is InChI=1S/C12H8F4N2/c1-6-3-2-4-7(13)10(6)17-12-9(15)5-8(14)11(16)18-12/h2-5H,1H3,(H,17,18). The van der Waals surface area contributed by atoms with E-state index in [-0.39, 0.29) is 5.69 Å². The summed E-state index contributed by atoms with van der Waals surface area (Å²) in [6.45, 7) is 1.59. The molecule has 2 rings (SSSR count). The zero-order chi connectivity index (χ0) is 13.3. The fraction of sp³-hybridized carbons (Fsp3) is 0.0833. The third-order valence-corrected chi connectivity index (χ3v) is 2.35. The van der Waals surface area contributed by atoms with Gasteiger partial charge < -0.3 is 5.32 Å². The van der Waals surface area contributed by atoms with E-state index in [1.165, 1.54) is 6.07 Å². The highest BCUT2D eigenvalue weighted by Gasteiger charge is 2.14. The number of halogens is 4. The molecule has 1 heterocycles. The molecule has 0 saturated carbocycles. The highest BCUT2D eigenvalue weighted by atomic mass is 19.2. The molecule has 1 aromatic heterocycles. The van der Waals surface area contributed by atoms with E-state index in [1.54, 1.807) is 13.0 Å². The molecule has 2 nitrogen and oxygen atoms in total. The number of nitrogens with one attached hydrogen (secondary N) is 1. The summed E-state index contributed by atoms with van der Waals surface area (Å²) in [5.41, 5.74) is 0.454. The SMILES string of the molecule is Cc1cccc(F)c1Nc1nc(F)c(F)cc1F. The zero-order valence-corrected chi connectivity index (χ0v) is 9.27. The van der Waals surface area contributed by atoms with Gasteiger partial charge in [-0.2, -0.15) is 9.37 Å². The quantitative estimate of drug-likeness (QED) is 0.654. The van der Waals surface area contributed by atoms with Gasteiger partial charge in [0.05, 0.1) is 5.69 Å². The molecule has 0 radical (unpaired) electrons. The van der Waals surface area contributed by atoms with Gasteiger partial charge in [0.25, 0.3) is 5.95 Å². The van der Waals surface area contributed by atoms with E-state index in [1.807, 2.05) is 0 Å². The van der Waals surface area contributed by atoms with Crippen molar-refractivity contribution < 1.29 is 17.6 Å². The molecule has 0 aliphatic heterocycles. The number of pyridine rings is 1. The lowest BCUT2D eigenvalue weighted by molar-refractivity contribution is 0.467. The van der Waals surface area contributed by atoms with Crippen LogP contribution in [0.25, 0.3) is 0 Å². The lowest BCUT2D eigenvalue weighted by Gasteiger charge is -2.10. The summed E-state index contributed by atoms with van der Waals surface area (Å²) in [5, 5.41) is 2.31. The molecule has 0 amide bonds. The van der Waals surface area contributed by atoms with Crippen LogP contribution < -0.4 is 5.32 Å². The number of anilines is 2. The third-order valence-electron chi connectivity index (χ3n) is 2.35. The highest BCUT2D eigenvalue weighted by Crippen LogP contribution is 2.24. The topological polar surface area (TPSA) is 24.9 Å². The fourth-order valence-corrected chi connectivity index (χ4v) is 1.44. The van der Waals surface area contributed by atoms with E-state index in [0.717, 1.165) is 6.07 Å². The summed E-state index contributed by atoms with van der Waals surface area (Å²) in [4.78, 5) is 3.06. The molecule has 0 aliphatic carbocycles. The van der Waals surface area contributed by atoms with Gasteiger partial charge >= 0.3 is 0 Å². The molecule has 6 heteroatoms. The second-order valence-corrected chi connectivity index (χ2v) is 3.65. The van der Waals surface area contributed by atoms with Gasteiger partial charge in [-0.15, -0.1) is 0 Å². The smallest absolute Gasteiger partial charge is 0.251 e. The Labute approximate surface area is 100 Å². The molecular weight excluding hydrogens is 248 g/mol. The second kappa shape index (κ2) is 4.64. The Kier molecular flexibility index (Phi) is 3.18. The molecule has 0 saturated heterocycles. The van der Waals surface area contributed by atoms with Crippen LogP contribution in [0, 0.1) is 30.3 Å². The van der Waals surface area contributed by atoms with Gasteiger partial charge in [-0.25, -0.2) is 13.2 Å². The van der Waals surface area contributed by atoms with Crippen molar-refractivity contribution in [2.75, 3.05) is 5.32 Å². The van der Waals surface area contributed by atoms with Gasteiger partial charge in [0, 0.05) is 6.07 Å². The van der Waals surface area contributed by atoms with Crippen molar-refractivity contribution in [1.29, 1.82) is 0 Å².